The van der Waals surface area contributed by atoms with E-state index in [0.29, 0.717) is 12.8 Å². The van der Waals surface area contributed by atoms with Crippen LogP contribution in [0.5, 0.6) is 0 Å². The number of carboxylic acids is 1. The highest BCUT2D eigenvalue weighted by molar-refractivity contribution is 7.47. The van der Waals surface area contributed by atoms with Gasteiger partial charge in [0.2, 0.25) is 0 Å². The van der Waals surface area contributed by atoms with Crippen molar-refractivity contribution in [1.29, 1.82) is 0 Å². The molecule has 0 bridgehead atoms. The Morgan fingerprint density at radius 3 is 1.40 bits per heavy atom. The van der Waals surface area contributed by atoms with Crippen LogP contribution < -0.4 is 5.73 Å². The third-order valence-corrected chi connectivity index (χ3v) is 10.8. The fraction of sp³-hybridized carbons (Fsp3) is 0.804. The van der Waals surface area contributed by atoms with E-state index in [1.165, 1.54) is 103 Å². The van der Waals surface area contributed by atoms with E-state index in [0.717, 1.165) is 64.2 Å². The second kappa shape index (κ2) is 41.4. The minimum Gasteiger partial charge on any atom is -0.480 e. The molecule has 58 heavy (non-hydrogen) atoms. The molecule has 11 nitrogen and oxygen atoms in total. The Labute approximate surface area is 353 Å². The summed E-state index contributed by atoms with van der Waals surface area (Å²) in [7, 11) is -4.72. The number of allylic oxidation sites excluding steroid dienone is 6. The second-order valence-electron chi connectivity index (χ2n) is 15.5. The van der Waals surface area contributed by atoms with Crippen molar-refractivity contribution in [2.45, 2.75) is 219 Å². The van der Waals surface area contributed by atoms with Gasteiger partial charge < -0.3 is 25.2 Å². The number of unbranched alkanes of at least 4 members (excludes halogenated alkanes) is 23. The maximum absolute atomic E-state index is 12.6. The molecule has 3 atom stereocenters. The van der Waals surface area contributed by atoms with Gasteiger partial charge in [-0.25, -0.2) is 4.57 Å². The zero-order valence-corrected chi connectivity index (χ0v) is 37.5. The number of esters is 2. The van der Waals surface area contributed by atoms with Crippen LogP contribution in [0.1, 0.15) is 206 Å². The number of rotatable bonds is 43. The second-order valence-corrected chi connectivity index (χ2v) is 17.0. The van der Waals surface area contributed by atoms with E-state index in [-0.39, 0.29) is 19.4 Å². The van der Waals surface area contributed by atoms with E-state index in [4.69, 9.17) is 24.8 Å². The molecule has 0 saturated heterocycles. The average molecular weight is 842 g/mol. The number of nitrogens with two attached hydrogens (primary N) is 1. The smallest absolute Gasteiger partial charge is 0.472 e. The lowest BCUT2D eigenvalue weighted by Gasteiger charge is -2.20. The molecule has 12 heteroatoms. The van der Waals surface area contributed by atoms with Crippen molar-refractivity contribution in [3.63, 3.8) is 0 Å². The molecule has 0 heterocycles. The average Bonchev–Trinajstić information content (AvgIpc) is 3.20. The molecule has 0 spiro atoms. The minimum absolute atomic E-state index is 0.145. The van der Waals surface area contributed by atoms with Crippen LogP contribution in [0.4, 0.5) is 0 Å². The molecule has 3 unspecified atom stereocenters. The fourth-order valence-corrected chi connectivity index (χ4v) is 6.99. The van der Waals surface area contributed by atoms with Gasteiger partial charge in [-0.3, -0.25) is 23.4 Å². The van der Waals surface area contributed by atoms with Gasteiger partial charge in [0.1, 0.15) is 12.6 Å². The number of aliphatic carboxylic acids is 1. The van der Waals surface area contributed by atoms with Gasteiger partial charge in [-0.15, -0.1) is 0 Å². The first-order chi connectivity index (χ1) is 28.1. The molecule has 0 aliphatic rings. The summed E-state index contributed by atoms with van der Waals surface area (Å²) in [5, 5.41) is 8.89. The van der Waals surface area contributed by atoms with Crippen LogP contribution in [-0.2, 0) is 37.5 Å². The molecule has 0 aromatic heterocycles. The number of hydrogen-bond donors (Lipinski definition) is 3. The van der Waals surface area contributed by atoms with Gasteiger partial charge in [-0.2, -0.15) is 0 Å². The van der Waals surface area contributed by atoms with E-state index in [2.05, 4.69) is 54.8 Å². The summed E-state index contributed by atoms with van der Waals surface area (Å²) in [6, 6.07) is -1.52. The van der Waals surface area contributed by atoms with Crippen LogP contribution in [0, 0.1) is 0 Å². The van der Waals surface area contributed by atoms with Gasteiger partial charge in [-0.05, 0) is 70.6 Å². The highest BCUT2D eigenvalue weighted by Crippen LogP contribution is 2.43. The van der Waals surface area contributed by atoms with Crippen LogP contribution in [0.2, 0.25) is 0 Å². The van der Waals surface area contributed by atoms with E-state index in [9.17, 15) is 23.8 Å². The fourth-order valence-electron chi connectivity index (χ4n) is 6.21. The van der Waals surface area contributed by atoms with Gasteiger partial charge in [0, 0.05) is 12.8 Å². The number of carbonyl (C=O) groups is 3. The normalized spacial score (nSPS) is 14.0. The van der Waals surface area contributed by atoms with E-state index in [1.54, 1.807) is 0 Å². The van der Waals surface area contributed by atoms with Crippen molar-refractivity contribution in [2.24, 2.45) is 5.73 Å². The van der Waals surface area contributed by atoms with E-state index >= 15 is 0 Å². The largest absolute Gasteiger partial charge is 0.480 e. The minimum atomic E-state index is -4.72. The highest BCUT2D eigenvalue weighted by Gasteiger charge is 2.28. The maximum Gasteiger partial charge on any atom is 0.472 e. The van der Waals surface area contributed by atoms with Gasteiger partial charge in [0.05, 0.1) is 13.2 Å². The highest BCUT2D eigenvalue weighted by atomic mass is 31.2. The molecule has 0 aliphatic carbocycles. The lowest BCUT2D eigenvalue weighted by atomic mass is 10.1. The Hall–Kier alpha value is -2.30. The lowest BCUT2D eigenvalue weighted by Crippen LogP contribution is -2.34. The van der Waals surface area contributed by atoms with E-state index in [1.807, 2.05) is 0 Å². The Morgan fingerprint density at radius 2 is 0.914 bits per heavy atom. The monoisotopic (exact) mass is 842 g/mol. The predicted octanol–water partition coefficient (Wildman–Crippen LogP) is 12.4. The molecule has 0 aliphatic heterocycles. The SMILES string of the molecule is CCCCC/C=C\C/C=C\CCCCCCCC(=O)OC(COC(=O)CCCCCCCCCCC/C=C\CCCCCCCC)COP(=O)(O)OCC(N)C(=O)O. The standard InChI is InChI=1S/C46H84NO10P/c1-3-5-7-9-11-13-15-17-19-20-21-22-24-25-27-29-31-33-35-37-44(48)54-39-42(40-55-58(52,53)56-41-43(47)46(50)51)57-45(49)38-36-34-32-30-28-26-23-18-16-14-12-10-8-6-4-2/h12,14,17-19,23,42-43H,3-11,13,15-16,20-22,24-41,47H2,1-2H3,(H,50,51)(H,52,53)/b14-12-,19-17-,23-18-. The third kappa shape index (κ3) is 40.5. The lowest BCUT2D eigenvalue weighted by molar-refractivity contribution is -0.161. The molecule has 0 fully saturated rings. The summed E-state index contributed by atoms with van der Waals surface area (Å²) in [6.45, 7) is 2.77. The third-order valence-electron chi connectivity index (χ3n) is 9.86. The number of phosphoric acid groups is 1. The number of ether oxygens (including phenoxy) is 2. The first kappa shape index (κ1) is 55.7. The Balaban J connectivity index is 4.32. The molecular formula is C46H84NO10P. The quantitative estimate of drug-likeness (QED) is 0.0231. The Bertz CT molecular complexity index is 1130. The summed E-state index contributed by atoms with van der Waals surface area (Å²) in [5.74, 6) is -2.39. The zero-order chi connectivity index (χ0) is 42.8. The molecule has 0 radical (unpaired) electrons. The van der Waals surface area contributed by atoms with Crippen LogP contribution in [0.15, 0.2) is 36.5 Å². The Kier molecular flexibility index (Phi) is 39.8. The topological polar surface area (TPSA) is 172 Å². The van der Waals surface area contributed by atoms with Gasteiger partial charge in [-0.1, -0.05) is 159 Å². The summed E-state index contributed by atoms with van der Waals surface area (Å²) >= 11 is 0. The summed E-state index contributed by atoms with van der Waals surface area (Å²) in [5.41, 5.74) is 5.34. The van der Waals surface area contributed by atoms with Crippen molar-refractivity contribution in [2.75, 3.05) is 19.8 Å². The van der Waals surface area contributed by atoms with Gasteiger partial charge >= 0.3 is 25.7 Å². The predicted molar refractivity (Wildman–Crippen MR) is 235 cm³/mol. The van der Waals surface area contributed by atoms with Crippen molar-refractivity contribution in [3.8, 4) is 0 Å². The summed E-state index contributed by atoms with van der Waals surface area (Å²) < 4.78 is 32.7. The first-order valence-corrected chi connectivity index (χ1v) is 24.5. The summed E-state index contributed by atoms with van der Waals surface area (Å²) in [6.07, 6.45) is 44.9. The molecule has 0 aromatic rings. The first-order valence-electron chi connectivity index (χ1n) is 23.0. The summed E-state index contributed by atoms with van der Waals surface area (Å²) in [4.78, 5) is 46.0. The van der Waals surface area contributed by atoms with Crippen LogP contribution in [-0.4, -0.2) is 59.9 Å². The zero-order valence-electron chi connectivity index (χ0n) is 36.6. The number of carboxylic acid groups (broad SMARTS) is 1. The van der Waals surface area contributed by atoms with E-state index < -0.39 is 51.1 Å². The molecule has 4 N–H and O–H groups in total. The number of hydrogen-bond acceptors (Lipinski definition) is 9. The van der Waals surface area contributed by atoms with Crippen molar-refractivity contribution >= 4 is 25.7 Å². The van der Waals surface area contributed by atoms with Gasteiger partial charge in [0.15, 0.2) is 6.10 Å². The number of carbonyl (C=O) groups excluding carboxylic acids is 2. The molecule has 338 valence electrons. The number of phosphoric ester groups is 1. The molecular weight excluding hydrogens is 757 g/mol. The van der Waals surface area contributed by atoms with Gasteiger partial charge in [0.25, 0.3) is 0 Å². The Morgan fingerprint density at radius 1 is 0.534 bits per heavy atom. The van der Waals surface area contributed by atoms with Crippen molar-refractivity contribution in [3.05, 3.63) is 36.5 Å². The molecule has 0 rings (SSSR count). The van der Waals surface area contributed by atoms with Crippen LogP contribution >= 0.6 is 7.82 Å². The maximum atomic E-state index is 12.6. The van der Waals surface area contributed by atoms with Crippen LogP contribution in [0.25, 0.3) is 0 Å². The van der Waals surface area contributed by atoms with Crippen molar-refractivity contribution in [1.82, 2.24) is 0 Å². The molecule has 0 aromatic carbocycles. The molecule has 0 saturated carbocycles. The van der Waals surface area contributed by atoms with Crippen LogP contribution in [0.3, 0.4) is 0 Å². The van der Waals surface area contributed by atoms with Crippen molar-refractivity contribution < 1.29 is 47.5 Å². The molecule has 0 amide bonds.